The third-order valence-corrected chi connectivity index (χ3v) is 6.34. The average molecular weight is 422 g/mol. The summed E-state index contributed by atoms with van der Waals surface area (Å²) in [6.07, 6.45) is 0. The Morgan fingerprint density at radius 1 is 1.14 bits per heavy atom. The topological polar surface area (TPSA) is 74.8 Å². The van der Waals surface area contributed by atoms with E-state index in [-0.39, 0.29) is 11.5 Å². The van der Waals surface area contributed by atoms with Crippen LogP contribution >= 0.6 is 23.1 Å². The summed E-state index contributed by atoms with van der Waals surface area (Å²) in [5, 5.41) is 5.44. The molecule has 2 N–H and O–H groups in total. The summed E-state index contributed by atoms with van der Waals surface area (Å²) in [5.74, 6) is -0.143. The lowest BCUT2D eigenvalue weighted by molar-refractivity contribution is -0.115. The number of fused-ring (bicyclic) bond motifs is 1. The highest BCUT2D eigenvalue weighted by Gasteiger charge is 2.18. The van der Waals surface area contributed by atoms with Crippen LogP contribution in [0.2, 0.25) is 0 Å². The molecule has 5 nitrogen and oxygen atoms in total. The van der Waals surface area contributed by atoms with Gasteiger partial charge in [0.2, 0.25) is 5.91 Å². The molecule has 2 aromatic carbocycles. The van der Waals surface area contributed by atoms with Crippen LogP contribution in [0.1, 0.15) is 12.5 Å². The van der Waals surface area contributed by atoms with Crippen molar-refractivity contribution in [1.82, 2.24) is 9.97 Å². The van der Waals surface area contributed by atoms with Crippen LogP contribution in [0, 0.1) is 6.92 Å². The molecule has 0 saturated carbocycles. The largest absolute Gasteiger partial charge is 0.325 e. The number of benzene rings is 2. The van der Waals surface area contributed by atoms with Crippen LogP contribution in [-0.4, -0.2) is 21.1 Å². The van der Waals surface area contributed by atoms with Crippen LogP contribution in [-0.2, 0) is 4.79 Å². The highest BCUT2D eigenvalue weighted by atomic mass is 32.2. The number of aromatic amines is 1. The molecular weight excluding hydrogens is 402 g/mol. The Balaban J connectivity index is 1.57. The van der Waals surface area contributed by atoms with Gasteiger partial charge in [-0.1, -0.05) is 59.8 Å². The van der Waals surface area contributed by atoms with Crippen molar-refractivity contribution >= 4 is 44.9 Å². The number of H-pyrrole nitrogens is 1. The minimum atomic E-state index is -0.410. The summed E-state index contributed by atoms with van der Waals surface area (Å²) < 4.78 is 0. The number of carbonyl (C=O) groups excluding carboxylic acids is 1. The van der Waals surface area contributed by atoms with Gasteiger partial charge in [0.25, 0.3) is 5.56 Å². The van der Waals surface area contributed by atoms with Gasteiger partial charge in [-0.15, -0.1) is 11.3 Å². The number of hydrogen-bond acceptors (Lipinski definition) is 5. The van der Waals surface area contributed by atoms with Gasteiger partial charge in [-0.05, 0) is 31.5 Å². The SMILES string of the molecule is Cc1ccc(-c2csc3nc(SC(C)C(=O)Nc4ccccc4)[nH]c(=O)c23)cc1. The van der Waals surface area contributed by atoms with Gasteiger partial charge in [-0.3, -0.25) is 9.59 Å². The predicted octanol–water partition coefficient (Wildman–Crippen LogP) is 5.08. The molecule has 0 fully saturated rings. The standard InChI is InChI=1S/C22H19N3O2S2/c1-13-8-10-15(11-9-13)17-12-28-21-18(17)20(27)24-22(25-21)29-14(2)19(26)23-16-6-4-3-5-7-16/h3-12,14H,1-2H3,(H,23,26)(H,24,25,27). The van der Waals surface area contributed by atoms with Gasteiger partial charge >= 0.3 is 0 Å². The lowest BCUT2D eigenvalue weighted by atomic mass is 10.1. The first-order valence-corrected chi connectivity index (χ1v) is 10.9. The second-order valence-corrected chi connectivity index (χ2v) is 8.87. The van der Waals surface area contributed by atoms with Crippen molar-refractivity contribution in [2.75, 3.05) is 5.32 Å². The van der Waals surface area contributed by atoms with Gasteiger partial charge in [-0.25, -0.2) is 4.98 Å². The number of aryl methyl sites for hydroxylation is 1. The molecule has 146 valence electrons. The number of hydrogen-bond donors (Lipinski definition) is 2. The Hall–Kier alpha value is -2.90. The van der Waals surface area contributed by atoms with Crippen molar-refractivity contribution in [3.8, 4) is 11.1 Å². The van der Waals surface area contributed by atoms with Gasteiger partial charge in [-0.2, -0.15) is 0 Å². The van der Waals surface area contributed by atoms with Gasteiger partial charge in [0.1, 0.15) is 4.83 Å². The average Bonchev–Trinajstić information content (AvgIpc) is 3.14. The number of amides is 1. The molecule has 7 heteroatoms. The lowest BCUT2D eigenvalue weighted by Gasteiger charge is -2.11. The zero-order valence-corrected chi connectivity index (χ0v) is 17.6. The molecule has 4 rings (SSSR count). The van der Waals surface area contributed by atoms with E-state index in [2.05, 4.69) is 15.3 Å². The highest BCUT2D eigenvalue weighted by Crippen LogP contribution is 2.32. The van der Waals surface area contributed by atoms with Crippen LogP contribution in [0.3, 0.4) is 0 Å². The second-order valence-electron chi connectivity index (χ2n) is 6.68. The molecule has 0 aliphatic carbocycles. The van der Waals surface area contributed by atoms with Gasteiger partial charge in [0, 0.05) is 16.6 Å². The fraction of sp³-hybridized carbons (Fsp3) is 0.136. The Morgan fingerprint density at radius 2 is 1.86 bits per heavy atom. The maximum Gasteiger partial charge on any atom is 0.260 e. The molecule has 0 spiro atoms. The number of rotatable bonds is 5. The zero-order chi connectivity index (χ0) is 20.4. The summed E-state index contributed by atoms with van der Waals surface area (Å²) in [6.45, 7) is 3.82. The lowest BCUT2D eigenvalue weighted by Crippen LogP contribution is -2.23. The molecule has 4 aromatic rings. The molecule has 1 amide bonds. The highest BCUT2D eigenvalue weighted by molar-refractivity contribution is 8.00. The first kappa shape index (κ1) is 19.4. The maximum absolute atomic E-state index is 12.8. The minimum Gasteiger partial charge on any atom is -0.325 e. The van der Waals surface area contributed by atoms with Crippen molar-refractivity contribution in [1.29, 1.82) is 0 Å². The van der Waals surface area contributed by atoms with E-state index in [1.165, 1.54) is 28.7 Å². The number of aromatic nitrogens is 2. The maximum atomic E-state index is 12.8. The molecule has 0 radical (unpaired) electrons. The van der Waals surface area contributed by atoms with Gasteiger partial charge in [0.05, 0.1) is 10.6 Å². The summed E-state index contributed by atoms with van der Waals surface area (Å²) in [7, 11) is 0. The van der Waals surface area contributed by atoms with E-state index in [1.54, 1.807) is 6.92 Å². The number of anilines is 1. The summed E-state index contributed by atoms with van der Waals surface area (Å²) in [5.41, 5.74) is 3.59. The zero-order valence-electron chi connectivity index (χ0n) is 15.9. The van der Waals surface area contributed by atoms with Crippen molar-refractivity contribution in [2.24, 2.45) is 0 Å². The summed E-state index contributed by atoms with van der Waals surface area (Å²) in [4.78, 5) is 33.3. The Morgan fingerprint density at radius 3 is 2.59 bits per heavy atom. The van der Waals surface area contributed by atoms with E-state index in [1.807, 2.05) is 66.9 Å². The molecular formula is C22H19N3O2S2. The molecule has 0 bridgehead atoms. The Kier molecular flexibility index (Phi) is 5.51. The first-order chi connectivity index (χ1) is 14.0. The van der Waals surface area contributed by atoms with Crippen molar-refractivity contribution in [3.05, 3.63) is 75.9 Å². The molecule has 0 aliphatic rings. The van der Waals surface area contributed by atoms with Gasteiger partial charge < -0.3 is 10.3 Å². The number of para-hydroxylation sites is 1. The van der Waals surface area contributed by atoms with E-state index in [0.717, 1.165) is 16.8 Å². The Bertz CT molecular complexity index is 1210. The minimum absolute atomic E-state index is 0.143. The molecule has 2 aromatic heterocycles. The molecule has 2 heterocycles. The molecule has 1 atom stereocenters. The first-order valence-electron chi connectivity index (χ1n) is 9.12. The number of nitrogens with zero attached hydrogens (tertiary/aromatic N) is 1. The third-order valence-electron chi connectivity index (χ3n) is 4.48. The normalized spacial score (nSPS) is 12.1. The third kappa shape index (κ3) is 4.26. The van der Waals surface area contributed by atoms with Crippen molar-refractivity contribution in [3.63, 3.8) is 0 Å². The van der Waals surface area contributed by atoms with Crippen LogP contribution < -0.4 is 10.9 Å². The predicted molar refractivity (Wildman–Crippen MR) is 121 cm³/mol. The fourth-order valence-corrected chi connectivity index (χ4v) is 4.72. The van der Waals surface area contributed by atoms with Gasteiger partial charge in [0.15, 0.2) is 5.16 Å². The van der Waals surface area contributed by atoms with E-state index in [4.69, 9.17) is 0 Å². The smallest absolute Gasteiger partial charge is 0.260 e. The number of thiophene rings is 1. The fourth-order valence-electron chi connectivity index (χ4n) is 2.92. The van der Waals surface area contributed by atoms with Crippen LogP contribution in [0.25, 0.3) is 21.3 Å². The van der Waals surface area contributed by atoms with Crippen molar-refractivity contribution < 1.29 is 4.79 Å². The Labute approximate surface area is 176 Å². The quantitative estimate of drug-likeness (QED) is 0.348. The second kappa shape index (κ2) is 8.23. The number of thioether (sulfide) groups is 1. The van der Waals surface area contributed by atoms with E-state index in [0.29, 0.717) is 15.4 Å². The van der Waals surface area contributed by atoms with E-state index >= 15 is 0 Å². The summed E-state index contributed by atoms with van der Waals surface area (Å²) >= 11 is 2.67. The molecule has 1 unspecified atom stereocenters. The van der Waals surface area contributed by atoms with Crippen molar-refractivity contribution in [2.45, 2.75) is 24.3 Å². The molecule has 0 saturated heterocycles. The monoisotopic (exact) mass is 421 g/mol. The van der Waals surface area contributed by atoms with E-state index in [9.17, 15) is 9.59 Å². The van der Waals surface area contributed by atoms with E-state index < -0.39 is 5.25 Å². The molecule has 29 heavy (non-hydrogen) atoms. The van der Waals surface area contributed by atoms with Crippen LogP contribution in [0.15, 0.2) is 69.9 Å². The van der Waals surface area contributed by atoms with Crippen LogP contribution in [0.4, 0.5) is 5.69 Å². The van der Waals surface area contributed by atoms with Crippen LogP contribution in [0.5, 0.6) is 0 Å². The number of nitrogens with one attached hydrogen (secondary N) is 2. The summed E-state index contributed by atoms with van der Waals surface area (Å²) in [6, 6.07) is 17.4. The molecule has 0 aliphatic heterocycles. The number of carbonyl (C=O) groups is 1.